The van der Waals surface area contributed by atoms with E-state index in [1.165, 1.54) is 25.1 Å². The van der Waals surface area contributed by atoms with Crippen LogP contribution < -0.4 is 0 Å². The predicted molar refractivity (Wildman–Crippen MR) is 61.7 cm³/mol. The van der Waals surface area contributed by atoms with Crippen molar-refractivity contribution in [1.82, 2.24) is 9.55 Å². The van der Waals surface area contributed by atoms with Gasteiger partial charge in [0.05, 0.1) is 0 Å². The maximum Gasteiger partial charge on any atom is 0.108 e. The van der Waals surface area contributed by atoms with Gasteiger partial charge in [-0.25, -0.2) is 4.98 Å². The average molecular weight is 257 g/mol. The lowest BCUT2D eigenvalue weighted by molar-refractivity contribution is 0.462. The molecule has 0 amide bonds. The average Bonchev–Trinajstić information content (AvgIpc) is 2.84. The van der Waals surface area contributed by atoms with E-state index in [9.17, 15) is 0 Å². The number of aryl methyl sites for hydroxylation is 1. The molecule has 1 heterocycles. The Morgan fingerprint density at radius 1 is 1.57 bits per heavy atom. The summed E-state index contributed by atoms with van der Waals surface area (Å²) >= 11 is 3.61. The summed E-state index contributed by atoms with van der Waals surface area (Å²) in [5.41, 5.74) is 0.545. The van der Waals surface area contributed by atoms with Gasteiger partial charge in [0.2, 0.25) is 0 Å². The minimum atomic E-state index is 0.545. The monoisotopic (exact) mass is 256 g/mol. The van der Waals surface area contributed by atoms with Crippen molar-refractivity contribution < 1.29 is 0 Å². The molecular weight excluding hydrogens is 240 g/mol. The minimum Gasteiger partial charge on any atom is -0.334 e. The highest BCUT2D eigenvalue weighted by Crippen LogP contribution is 2.48. The molecule has 0 aromatic carbocycles. The summed E-state index contributed by atoms with van der Waals surface area (Å²) in [7, 11) is 0. The molecule has 14 heavy (non-hydrogen) atoms. The first-order valence-electron chi connectivity index (χ1n) is 5.36. The highest BCUT2D eigenvalue weighted by Gasteiger charge is 2.41. The summed E-state index contributed by atoms with van der Waals surface area (Å²) in [6.07, 6.45) is 9.05. The molecule has 0 aliphatic heterocycles. The van der Waals surface area contributed by atoms with Crippen molar-refractivity contribution in [2.45, 2.75) is 39.2 Å². The first-order chi connectivity index (χ1) is 6.79. The minimum absolute atomic E-state index is 0.545. The van der Waals surface area contributed by atoms with E-state index in [0.29, 0.717) is 5.41 Å². The molecule has 0 atom stereocenters. The lowest BCUT2D eigenvalue weighted by atomic mass is 10.1. The molecule has 0 N–H and O–H groups in total. The van der Waals surface area contributed by atoms with E-state index in [-0.39, 0.29) is 0 Å². The molecule has 0 radical (unpaired) electrons. The summed E-state index contributed by atoms with van der Waals surface area (Å²) in [4.78, 5) is 4.40. The zero-order valence-electron chi connectivity index (χ0n) is 8.67. The lowest BCUT2D eigenvalue weighted by Crippen LogP contribution is -2.14. The highest BCUT2D eigenvalue weighted by molar-refractivity contribution is 9.09. The molecule has 0 unspecified atom stereocenters. The summed E-state index contributed by atoms with van der Waals surface area (Å²) in [5.74, 6) is 1.25. The van der Waals surface area contributed by atoms with Gasteiger partial charge in [0.25, 0.3) is 0 Å². The van der Waals surface area contributed by atoms with Crippen LogP contribution in [-0.2, 0) is 13.0 Å². The summed E-state index contributed by atoms with van der Waals surface area (Å²) < 4.78 is 2.33. The van der Waals surface area contributed by atoms with Gasteiger partial charge in [-0.1, -0.05) is 22.9 Å². The molecule has 0 saturated heterocycles. The fraction of sp³-hybridized carbons (Fsp3) is 0.727. The molecule has 0 spiro atoms. The second-order valence-electron chi connectivity index (χ2n) is 4.36. The van der Waals surface area contributed by atoms with Crippen LogP contribution in [0.15, 0.2) is 12.4 Å². The Balaban J connectivity index is 2.05. The maximum absolute atomic E-state index is 4.40. The van der Waals surface area contributed by atoms with E-state index in [0.717, 1.165) is 18.3 Å². The third-order valence-electron chi connectivity index (χ3n) is 3.02. The van der Waals surface area contributed by atoms with Crippen LogP contribution in [0, 0.1) is 5.41 Å². The number of hydrogen-bond acceptors (Lipinski definition) is 1. The van der Waals surface area contributed by atoms with Crippen LogP contribution in [0.4, 0.5) is 0 Å². The highest BCUT2D eigenvalue weighted by atomic mass is 79.9. The third kappa shape index (κ3) is 2.02. The second kappa shape index (κ2) is 4.05. The van der Waals surface area contributed by atoms with Crippen molar-refractivity contribution in [2.24, 2.45) is 5.41 Å². The van der Waals surface area contributed by atoms with Crippen molar-refractivity contribution in [2.75, 3.05) is 5.33 Å². The standard InChI is InChI=1S/C11H17BrN2/c1-2-3-10-13-6-7-14(10)9-11(8-12)4-5-11/h6-7H,2-5,8-9H2,1H3. The second-order valence-corrected chi connectivity index (χ2v) is 4.92. The van der Waals surface area contributed by atoms with Crippen molar-refractivity contribution in [3.05, 3.63) is 18.2 Å². The number of imidazole rings is 1. The summed E-state index contributed by atoms with van der Waals surface area (Å²) in [6, 6.07) is 0. The number of nitrogens with zero attached hydrogens (tertiary/aromatic N) is 2. The lowest BCUT2D eigenvalue weighted by Gasteiger charge is -2.14. The van der Waals surface area contributed by atoms with E-state index in [2.05, 4.69) is 38.6 Å². The Morgan fingerprint density at radius 3 is 2.93 bits per heavy atom. The topological polar surface area (TPSA) is 17.8 Å². The molecule has 1 fully saturated rings. The Labute approximate surface area is 93.9 Å². The van der Waals surface area contributed by atoms with E-state index >= 15 is 0 Å². The zero-order chi connectivity index (χ0) is 10.0. The molecular formula is C11H17BrN2. The summed E-state index contributed by atoms with van der Waals surface area (Å²) in [5, 5.41) is 1.13. The van der Waals surface area contributed by atoms with Gasteiger partial charge >= 0.3 is 0 Å². The van der Waals surface area contributed by atoms with Crippen LogP contribution >= 0.6 is 15.9 Å². The van der Waals surface area contributed by atoms with Crippen molar-refractivity contribution in [1.29, 1.82) is 0 Å². The zero-order valence-corrected chi connectivity index (χ0v) is 10.3. The van der Waals surface area contributed by atoms with Crippen LogP contribution in [0.3, 0.4) is 0 Å². The van der Waals surface area contributed by atoms with E-state index in [1.54, 1.807) is 0 Å². The first kappa shape index (κ1) is 10.2. The maximum atomic E-state index is 4.40. The van der Waals surface area contributed by atoms with Crippen LogP contribution in [0.2, 0.25) is 0 Å². The van der Waals surface area contributed by atoms with Crippen molar-refractivity contribution in [3.63, 3.8) is 0 Å². The van der Waals surface area contributed by atoms with Gasteiger partial charge in [0.15, 0.2) is 0 Å². The fourth-order valence-electron chi connectivity index (χ4n) is 1.81. The number of halogens is 1. The first-order valence-corrected chi connectivity index (χ1v) is 6.48. The predicted octanol–water partition coefficient (Wildman–Crippen LogP) is 3.01. The molecule has 78 valence electrons. The smallest absolute Gasteiger partial charge is 0.108 e. The van der Waals surface area contributed by atoms with Crippen LogP contribution in [0.25, 0.3) is 0 Å². The molecule has 2 rings (SSSR count). The van der Waals surface area contributed by atoms with E-state index in [1.807, 2.05) is 6.20 Å². The van der Waals surface area contributed by atoms with Gasteiger partial charge in [-0.05, 0) is 24.7 Å². The molecule has 0 bridgehead atoms. The van der Waals surface area contributed by atoms with Gasteiger partial charge in [0.1, 0.15) is 5.82 Å². The van der Waals surface area contributed by atoms with Crippen molar-refractivity contribution >= 4 is 15.9 Å². The fourth-order valence-corrected chi connectivity index (χ4v) is 2.55. The third-order valence-corrected chi connectivity index (χ3v) is 4.21. The van der Waals surface area contributed by atoms with Crippen LogP contribution in [-0.4, -0.2) is 14.9 Å². The SMILES string of the molecule is CCCc1nccn1CC1(CBr)CC1. The Hall–Kier alpha value is -0.310. The van der Waals surface area contributed by atoms with Crippen LogP contribution in [0.5, 0.6) is 0 Å². The molecule has 2 nitrogen and oxygen atoms in total. The summed E-state index contributed by atoms with van der Waals surface area (Å²) in [6.45, 7) is 3.35. The Kier molecular flexibility index (Phi) is 2.96. The molecule has 1 saturated carbocycles. The van der Waals surface area contributed by atoms with Crippen molar-refractivity contribution in [3.8, 4) is 0 Å². The number of aromatic nitrogens is 2. The Morgan fingerprint density at radius 2 is 2.36 bits per heavy atom. The molecule has 1 aliphatic carbocycles. The molecule has 1 aromatic rings. The van der Waals surface area contributed by atoms with Gasteiger partial charge in [-0.2, -0.15) is 0 Å². The van der Waals surface area contributed by atoms with Gasteiger partial charge in [-0.15, -0.1) is 0 Å². The molecule has 3 heteroatoms. The largest absolute Gasteiger partial charge is 0.334 e. The van der Waals surface area contributed by atoms with Gasteiger partial charge in [0, 0.05) is 30.7 Å². The number of hydrogen-bond donors (Lipinski definition) is 0. The Bertz CT molecular complexity index is 302. The number of rotatable bonds is 5. The molecule has 1 aliphatic rings. The number of alkyl halides is 1. The van der Waals surface area contributed by atoms with E-state index in [4.69, 9.17) is 0 Å². The molecule has 1 aromatic heterocycles. The van der Waals surface area contributed by atoms with Crippen LogP contribution in [0.1, 0.15) is 32.0 Å². The van der Waals surface area contributed by atoms with Gasteiger partial charge < -0.3 is 4.57 Å². The van der Waals surface area contributed by atoms with Gasteiger partial charge in [-0.3, -0.25) is 0 Å². The quantitative estimate of drug-likeness (QED) is 0.741. The normalized spacial score (nSPS) is 18.4. The van der Waals surface area contributed by atoms with E-state index < -0.39 is 0 Å².